The number of amides is 2. The van der Waals surface area contributed by atoms with E-state index < -0.39 is 0 Å². The van der Waals surface area contributed by atoms with Gasteiger partial charge in [-0.3, -0.25) is 9.59 Å². The highest BCUT2D eigenvalue weighted by Crippen LogP contribution is 2.08. The van der Waals surface area contributed by atoms with Crippen molar-refractivity contribution in [1.29, 1.82) is 0 Å². The highest BCUT2D eigenvalue weighted by molar-refractivity contribution is 5.85. The van der Waals surface area contributed by atoms with E-state index in [0.29, 0.717) is 19.5 Å². The molecular formula is C14H16N4O2. The summed E-state index contributed by atoms with van der Waals surface area (Å²) in [6, 6.07) is 5.76. The molecule has 2 aromatic rings. The lowest BCUT2D eigenvalue weighted by Crippen LogP contribution is -2.37. The minimum atomic E-state index is -0.141. The molecule has 0 aliphatic carbocycles. The van der Waals surface area contributed by atoms with Crippen molar-refractivity contribution in [3.63, 3.8) is 0 Å². The fourth-order valence-corrected chi connectivity index (χ4v) is 2.36. The van der Waals surface area contributed by atoms with E-state index in [-0.39, 0.29) is 18.4 Å². The summed E-state index contributed by atoms with van der Waals surface area (Å²) in [7, 11) is 0. The summed E-state index contributed by atoms with van der Waals surface area (Å²) in [5.41, 5.74) is 1.66. The molecule has 6 nitrogen and oxygen atoms in total. The molecule has 0 radical (unpaired) electrons. The van der Waals surface area contributed by atoms with E-state index in [9.17, 15) is 9.59 Å². The fourth-order valence-electron chi connectivity index (χ4n) is 2.36. The van der Waals surface area contributed by atoms with Crippen LogP contribution in [0.15, 0.2) is 30.6 Å². The Kier molecular flexibility index (Phi) is 3.37. The van der Waals surface area contributed by atoms with E-state index in [2.05, 4.69) is 10.3 Å². The van der Waals surface area contributed by atoms with Crippen LogP contribution in [-0.2, 0) is 16.1 Å². The average molecular weight is 272 g/mol. The predicted octanol–water partition coefficient (Wildman–Crippen LogP) is 0.573. The molecule has 1 aliphatic heterocycles. The van der Waals surface area contributed by atoms with E-state index in [1.807, 2.05) is 35.0 Å². The van der Waals surface area contributed by atoms with Crippen LogP contribution in [0.5, 0.6) is 0 Å². The highest BCUT2D eigenvalue weighted by atomic mass is 16.2. The molecule has 0 aromatic carbocycles. The molecule has 3 heterocycles. The summed E-state index contributed by atoms with van der Waals surface area (Å²) in [5, 5.41) is 2.80. The zero-order valence-electron chi connectivity index (χ0n) is 11.1. The molecule has 1 fully saturated rings. The van der Waals surface area contributed by atoms with E-state index >= 15 is 0 Å². The van der Waals surface area contributed by atoms with E-state index in [1.165, 1.54) is 0 Å². The number of likely N-dealkylation sites (tertiary alicyclic amines) is 1. The Hall–Kier alpha value is -2.37. The topological polar surface area (TPSA) is 66.7 Å². The zero-order valence-corrected chi connectivity index (χ0v) is 11.1. The molecule has 0 bridgehead atoms. The van der Waals surface area contributed by atoms with Gasteiger partial charge in [0.1, 0.15) is 5.65 Å². The number of carbonyl (C=O) groups is 2. The molecule has 6 heteroatoms. The van der Waals surface area contributed by atoms with Crippen LogP contribution >= 0.6 is 0 Å². The van der Waals surface area contributed by atoms with Crippen molar-refractivity contribution in [3.8, 4) is 0 Å². The van der Waals surface area contributed by atoms with Crippen LogP contribution in [0.2, 0.25) is 0 Å². The second kappa shape index (κ2) is 5.32. The van der Waals surface area contributed by atoms with Crippen molar-refractivity contribution >= 4 is 17.5 Å². The molecule has 3 rings (SSSR count). The maximum Gasteiger partial charge on any atom is 0.239 e. The summed E-state index contributed by atoms with van der Waals surface area (Å²) in [6.07, 6.45) is 5.20. The van der Waals surface area contributed by atoms with Gasteiger partial charge in [0.2, 0.25) is 11.8 Å². The lowest BCUT2D eigenvalue weighted by atomic mass is 10.4. The van der Waals surface area contributed by atoms with Gasteiger partial charge in [0.15, 0.2) is 0 Å². The number of carbonyl (C=O) groups excluding carboxylic acids is 2. The summed E-state index contributed by atoms with van der Waals surface area (Å²) < 4.78 is 1.91. The summed E-state index contributed by atoms with van der Waals surface area (Å²) in [5.74, 6) is -0.0785. The normalized spacial score (nSPS) is 15.0. The van der Waals surface area contributed by atoms with Crippen LogP contribution in [0, 0.1) is 0 Å². The van der Waals surface area contributed by atoms with Crippen LogP contribution in [0.3, 0.4) is 0 Å². The number of nitrogens with one attached hydrogen (secondary N) is 1. The van der Waals surface area contributed by atoms with Crippen molar-refractivity contribution in [3.05, 3.63) is 36.3 Å². The first-order chi connectivity index (χ1) is 9.72. The Balaban J connectivity index is 1.56. The second-order valence-electron chi connectivity index (χ2n) is 4.89. The first kappa shape index (κ1) is 12.7. The number of nitrogens with zero attached hydrogens (tertiary/aromatic N) is 3. The third kappa shape index (κ3) is 2.64. The van der Waals surface area contributed by atoms with Gasteiger partial charge in [-0.05, 0) is 18.6 Å². The quantitative estimate of drug-likeness (QED) is 0.885. The van der Waals surface area contributed by atoms with Gasteiger partial charge in [-0.15, -0.1) is 0 Å². The van der Waals surface area contributed by atoms with E-state index in [1.54, 1.807) is 4.90 Å². The summed E-state index contributed by atoms with van der Waals surface area (Å²) in [4.78, 5) is 29.2. The number of aromatic nitrogens is 2. The van der Waals surface area contributed by atoms with Crippen molar-refractivity contribution in [2.45, 2.75) is 19.4 Å². The van der Waals surface area contributed by atoms with Gasteiger partial charge in [-0.2, -0.15) is 0 Å². The Morgan fingerprint density at radius 1 is 1.40 bits per heavy atom. The van der Waals surface area contributed by atoms with Gasteiger partial charge in [-0.1, -0.05) is 6.07 Å². The zero-order chi connectivity index (χ0) is 13.9. The number of imidazole rings is 1. The highest BCUT2D eigenvalue weighted by Gasteiger charge is 2.22. The smallest absolute Gasteiger partial charge is 0.239 e. The van der Waals surface area contributed by atoms with Crippen LogP contribution in [0.4, 0.5) is 0 Å². The van der Waals surface area contributed by atoms with Gasteiger partial charge in [0.05, 0.1) is 18.8 Å². The van der Waals surface area contributed by atoms with Gasteiger partial charge in [0.25, 0.3) is 0 Å². The largest absolute Gasteiger partial charge is 0.349 e. The molecule has 104 valence electrons. The number of fused-ring (bicyclic) bond motifs is 1. The van der Waals surface area contributed by atoms with Crippen molar-refractivity contribution in [2.24, 2.45) is 0 Å². The Morgan fingerprint density at radius 3 is 3.05 bits per heavy atom. The molecule has 0 atom stereocenters. The molecule has 0 unspecified atom stereocenters. The summed E-state index contributed by atoms with van der Waals surface area (Å²) >= 11 is 0. The number of rotatable bonds is 4. The molecule has 20 heavy (non-hydrogen) atoms. The minimum absolute atomic E-state index is 0.0629. The standard InChI is InChI=1S/C14H16N4O2/c19-13(10-18-7-3-5-14(18)20)15-8-11-9-17-6-2-1-4-12(17)16-11/h1-2,4,6,9H,3,5,7-8,10H2,(H,15,19). The van der Waals surface area contributed by atoms with E-state index in [4.69, 9.17) is 0 Å². The predicted molar refractivity (Wildman–Crippen MR) is 72.9 cm³/mol. The van der Waals surface area contributed by atoms with Gasteiger partial charge in [0, 0.05) is 25.4 Å². The SMILES string of the molecule is O=C(CN1CCCC1=O)NCc1cn2ccccc2n1. The Bertz CT molecular complexity index is 616. The average Bonchev–Trinajstić information content (AvgIpc) is 3.03. The van der Waals surface area contributed by atoms with Crippen molar-refractivity contribution in [1.82, 2.24) is 19.6 Å². The lowest BCUT2D eigenvalue weighted by Gasteiger charge is -2.14. The molecule has 1 aliphatic rings. The van der Waals surface area contributed by atoms with Gasteiger partial charge >= 0.3 is 0 Å². The van der Waals surface area contributed by atoms with Crippen LogP contribution in [0.25, 0.3) is 5.65 Å². The molecule has 1 N–H and O–H groups in total. The first-order valence-electron chi connectivity index (χ1n) is 6.69. The van der Waals surface area contributed by atoms with Crippen LogP contribution in [-0.4, -0.2) is 39.2 Å². The molecule has 0 saturated carbocycles. The monoisotopic (exact) mass is 272 g/mol. The van der Waals surface area contributed by atoms with Crippen LogP contribution < -0.4 is 5.32 Å². The molecule has 0 spiro atoms. The van der Waals surface area contributed by atoms with E-state index in [0.717, 1.165) is 17.8 Å². The molecule has 1 saturated heterocycles. The van der Waals surface area contributed by atoms with Gasteiger partial charge < -0.3 is 14.6 Å². The maximum absolute atomic E-state index is 11.8. The number of pyridine rings is 1. The minimum Gasteiger partial charge on any atom is -0.349 e. The molecular weight excluding hydrogens is 256 g/mol. The number of hydrogen-bond donors (Lipinski definition) is 1. The first-order valence-corrected chi connectivity index (χ1v) is 6.69. The lowest BCUT2D eigenvalue weighted by molar-refractivity contribution is -0.133. The third-order valence-corrected chi connectivity index (χ3v) is 3.39. The maximum atomic E-state index is 11.8. The summed E-state index contributed by atoms with van der Waals surface area (Å²) in [6.45, 7) is 1.20. The molecule has 2 aromatic heterocycles. The van der Waals surface area contributed by atoms with Crippen molar-refractivity contribution < 1.29 is 9.59 Å². The Labute approximate surface area is 116 Å². The molecule has 2 amide bonds. The number of hydrogen-bond acceptors (Lipinski definition) is 3. The third-order valence-electron chi connectivity index (χ3n) is 3.39. The van der Waals surface area contributed by atoms with Crippen molar-refractivity contribution in [2.75, 3.05) is 13.1 Å². The second-order valence-corrected chi connectivity index (χ2v) is 4.89. The Morgan fingerprint density at radius 2 is 2.30 bits per heavy atom. The van der Waals surface area contributed by atoms with Gasteiger partial charge in [-0.25, -0.2) is 4.98 Å². The van der Waals surface area contributed by atoms with Crippen LogP contribution in [0.1, 0.15) is 18.5 Å². The fraction of sp³-hybridized carbons (Fsp3) is 0.357.